The topological polar surface area (TPSA) is 116 Å². The van der Waals surface area contributed by atoms with E-state index in [1.54, 1.807) is 18.2 Å². The summed E-state index contributed by atoms with van der Waals surface area (Å²) in [7, 11) is -2.63. The first-order valence-corrected chi connectivity index (χ1v) is 13.1. The molecule has 2 heterocycles. The minimum atomic E-state index is -3.95. The second-order valence-corrected chi connectivity index (χ2v) is 11.3. The number of carboxylic acids is 1. The highest BCUT2D eigenvalue weighted by atomic mass is 35.5. The normalized spacial score (nSPS) is 19.9. The summed E-state index contributed by atoms with van der Waals surface area (Å²) < 4.78 is 42.5. The lowest BCUT2D eigenvalue weighted by atomic mass is 10.0. The van der Waals surface area contributed by atoms with Crippen LogP contribution < -0.4 is 10.0 Å². The van der Waals surface area contributed by atoms with Crippen LogP contribution in [0.25, 0.3) is 10.4 Å². The lowest BCUT2D eigenvalue weighted by Gasteiger charge is -2.35. The highest BCUT2D eigenvalue weighted by Gasteiger charge is 2.41. The van der Waals surface area contributed by atoms with Crippen molar-refractivity contribution in [2.45, 2.75) is 24.9 Å². The molecule has 0 unspecified atom stereocenters. The average Bonchev–Trinajstić information content (AvgIpc) is 3.28. The largest absolute Gasteiger partial charge is 0.481 e. The maximum atomic E-state index is 13.4. The quantitative estimate of drug-likeness (QED) is 0.438. The maximum Gasteiger partial charge on any atom is 0.307 e. The summed E-state index contributed by atoms with van der Waals surface area (Å²) in [6.07, 6.45) is 0.106. The molecule has 2 atom stereocenters. The summed E-state index contributed by atoms with van der Waals surface area (Å²) in [6.45, 7) is 0. The molecule has 4 rings (SSSR count). The van der Waals surface area contributed by atoms with Crippen LogP contribution in [0.4, 0.5) is 10.1 Å². The Balaban J connectivity index is 1.53. The summed E-state index contributed by atoms with van der Waals surface area (Å²) in [6, 6.07) is 12.9. The number of carbonyl (C=O) groups excluding carboxylic acids is 1. The summed E-state index contributed by atoms with van der Waals surface area (Å²) in [4.78, 5) is 25.4. The molecule has 1 saturated heterocycles. The van der Waals surface area contributed by atoms with E-state index in [4.69, 9.17) is 16.7 Å². The van der Waals surface area contributed by atoms with E-state index in [-0.39, 0.29) is 23.6 Å². The van der Waals surface area contributed by atoms with E-state index in [1.165, 1.54) is 30.5 Å². The van der Waals surface area contributed by atoms with E-state index in [1.807, 2.05) is 18.2 Å². The number of benzene rings is 2. The van der Waals surface area contributed by atoms with E-state index in [9.17, 15) is 22.4 Å². The zero-order valence-electron chi connectivity index (χ0n) is 18.4. The molecule has 1 fully saturated rings. The van der Waals surface area contributed by atoms with Crippen LogP contribution in [0.3, 0.4) is 0 Å². The minimum absolute atomic E-state index is 0.0685. The Morgan fingerprint density at radius 1 is 1.20 bits per heavy atom. The summed E-state index contributed by atoms with van der Waals surface area (Å²) >= 11 is 7.16. The van der Waals surface area contributed by atoms with Gasteiger partial charge in [0.25, 0.3) is 10.2 Å². The van der Waals surface area contributed by atoms with Crippen molar-refractivity contribution in [1.82, 2.24) is 9.03 Å². The molecular formula is C23H21ClFN3O5S2. The maximum absolute atomic E-state index is 13.4. The van der Waals surface area contributed by atoms with Crippen LogP contribution in [0.15, 0.2) is 54.6 Å². The Bertz CT molecular complexity index is 1380. The zero-order valence-corrected chi connectivity index (χ0v) is 20.8. The molecule has 1 aliphatic heterocycles. The van der Waals surface area contributed by atoms with E-state index >= 15 is 0 Å². The summed E-state index contributed by atoms with van der Waals surface area (Å²) in [5.41, 5.74) is 1.80. The minimum Gasteiger partial charge on any atom is -0.481 e. The number of nitrogens with zero attached hydrogens (tertiary/aromatic N) is 1. The zero-order chi connectivity index (χ0) is 25.3. The fourth-order valence-electron chi connectivity index (χ4n) is 3.75. The van der Waals surface area contributed by atoms with Crippen LogP contribution in [0, 0.1) is 5.82 Å². The lowest BCUT2D eigenvalue weighted by Crippen LogP contribution is -2.55. The number of carboxylic acid groups (broad SMARTS) is 1. The fraction of sp³-hybridized carbons (Fsp3) is 0.217. The molecule has 0 radical (unpaired) electrons. The van der Waals surface area contributed by atoms with E-state index in [0.29, 0.717) is 5.56 Å². The van der Waals surface area contributed by atoms with Crippen LogP contribution in [0.2, 0.25) is 5.02 Å². The van der Waals surface area contributed by atoms with Gasteiger partial charge in [0, 0.05) is 22.5 Å². The van der Waals surface area contributed by atoms with Crippen molar-refractivity contribution in [3.8, 4) is 10.4 Å². The monoisotopic (exact) mass is 537 g/mol. The number of hydrogen-bond donors (Lipinski definition) is 3. The Morgan fingerprint density at radius 2 is 1.91 bits per heavy atom. The van der Waals surface area contributed by atoms with Crippen molar-refractivity contribution in [2.75, 3.05) is 12.4 Å². The Hall–Kier alpha value is -2.83. The lowest BCUT2D eigenvalue weighted by molar-refractivity contribution is -0.136. The van der Waals surface area contributed by atoms with Crippen molar-refractivity contribution < 1.29 is 27.5 Å². The van der Waals surface area contributed by atoms with E-state index in [0.717, 1.165) is 25.7 Å². The first-order valence-electron chi connectivity index (χ1n) is 10.5. The molecule has 3 aromatic rings. The predicted molar refractivity (Wildman–Crippen MR) is 132 cm³/mol. The van der Waals surface area contributed by atoms with Gasteiger partial charge in [-0.3, -0.25) is 9.59 Å². The average molecular weight is 538 g/mol. The number of hydrogen-bond acceptors (Lipinski definition) is 5. The third-order valence-electron chi connectivity index (χ3n) is 5.62. The molecule has 12 heteroatoms. The molecule has 0 spiro atoms. The number of rotatable bonds is 6. The molecule has 1 aromatic heterocycles. The van der Waals surface area contributed by atoms with Gasteiger partial charge in [-0.05, 0) is 47.9 Å². The van der Waals surface area contributed by atoms with Crippen LogP contribution in [-0.2, 0) is 26.2 Å². The van der Waals surface area contributed by atoms with Crippen molar-refractivity contribution in [3.05, 3.63) is 75.9 Å². The number of aliphatic carboxylic acids is 1. The molecule has 1 amide bonds. The summed E-state index contributed by atoms with van der Waals surface area (Å²) in [5.74, 6) is -2.10. The Morgan fingerprint density at radius 3 is 2.57 bits per heavy atom. The van der Waals surface area contributed by atoms with Crippen molar-refractivity contribution in [1.29, 1.82) is 0 Å². The van der Waals surface area contributed by atoms with Crippen molar-refractivity contribution >= 4 is 50.7 Å². The smallest absolute Gasteiger partial charge is 0.307 e. The fourth-order valence-corrected chi connectivity index (χ4v) is 6.35. The first kappa shape index (κ1) is 25.3. The van der Waals surface area contributed by atoms with Gasteiger partial charge in [0.05, 0.1) is 17.5 Å². The highest BCUT2D eigenvalue weighted by Crippen LogP contribution is 2.36. The van der Waals surface area contributed by atoms with E-state index in [2.05, 4.69) is 10.0 Å². The van der Waals surface area contributed by atoms with Gasteiger partial charge in [-0.2, -0.15) is 17.4 Å². The second-order valence-electron chi connectivity index (χ2n) is 8.03. The number of thiophene rings is 1. The third kappa shape index (κ3) is 5.71. The molecule has 8 nitrogen and oxygen atoms in total. The molecule has 3 N–H and O–H groups in total. The second kappa shape index (κ2) is 10.0. The van der Waals surface area contributed by atoms with Gasteiger partial charge in [0.2, 0.25) is 5.91 Å². The van der Waals surface area contributed by atoms with Crippen LogP contribution in [0.1, 0.15) is 22.9 Å². The predicted octanol–water partition coefficient (Wildman–Crippen LogP) is 4.05. The molecule has 35 heavy (non-hydrogen) atoms. The molecule has 0 bridgehead atoms. The van der Waals surface area contributed by atoms with Gasteiger partial charge < -0.3 is 10.4 Å². The number of anilines is 1. The van der Waals surface area contributed by atoms with Crippen LogP contribution >= 0.6 is 22.9 Å². The molecule has 2 aromatic carbocycles. The molecule has 0 saturated carbocycles. The number of nitrogens with one attached hydrogen (secondary N) is 2. The highest BCUT2D eigenvalue weighted by molar-refractivity contribution is 7.87. The van der Waals surface area contributed by atoms with Gasteiger partial charge in [-0.15, -0.1) is 11.3 Å². The molecule has 184 valence electrons. The van der Waals surface area contributed by atoms with Crippen molar-refractivity contribution in [2.24, 2.45) is 0 Å². The number of likely N-dealkylation sites (N-methyl/N-ethyl adjacent to an activating group) is 1. The number of carbonyl (C=O) groups is 2. The van der Waals surface area contributed by atoms with Crippen molar-refractivity contribution in [3.63, 3.8) is 0 Å². The molecule has 0 aliphatic carbocycles. The van der Waals surface area contributed by atoms with Gasteiger partial charge >= 0.3 is 5.97 Å². The Kier molecular flexibility index (Phi) is 7.25. The number of halogens is 2. The number of amides is 1. The first-order chi connectivity index (χ1) is 16.5. The van der Waals surface area contributed by atoms with Gasteiger partial charge in [0.15, 0.2) is 0 Å². The van der Waals surface area contributed by atoms with Crippen LogP contribution in [-0.4, -0.2) is 42.8 Å². The Labute approximate surface area is 210 Å². The van der Waals surface area contributed by atoms with E-state index < -0.39 is 40.0 Å². The van der Waals surface area contributed by atoms with Crippen LogP contribution in [0.5, 0.6) is 0 Å². The third-order valence-corrected chi connectivity index (χ3v) is 8.75. The molecule has 1 aliphatic rings. The van der Waals surface area contributed by atoms with Gasteiger partial charge in [0.1, 0.15) is 11.9 Å². The van der Waals surface area contributed by atoms with Gasteiger partial charge in [-0.25, -0.2) is 4.39 Å². The molecular weight excluding hydrogens is 517 g/mol. The standard InChI is InChI=1S/C23H21ClFN3O5S2/c1-28-19(23(31)26-15-6-7-17(25)16(24)11-15)12-18(27-35(28,32)33)21-9-8-20(34-21)14-4-2-13(3-5-14)10-22(29)30/h2-9,11,18-19,27H,10,12H2,1H3,(H,26,31)(H,29,30)/t18-,19+/m1/s1. The summed E-state index contributed by atoms with van der Waals surface area (Å²) in [5, 5.41) is 11.4. The SMILES string of the molecule is CN1[C@H](C(=O)Nc2ccc(F)c(Cl)c2)C[C@H](c2ccc(-c3ccc(CC(=O)O)cc3)s2)NS1(=O)=O. The van der Waals surface area contributed by atoms with Gasteiger partial charge in [-0.1, -0.05) is 35.9 Å².